The van der Waals surface area contributed by atoms with Crippen LogP contribution in [0.2, 0.25) is 5.02 Å². The topological polar surface area (TPSA) is 64.3 Å². The van der Waals surface area contributed by atoms with Crippen molar-refractivity contribution in [2.45, 2.75) is 6.42 Å². The minimum Gasteiger partial charge on any atom is -0.481 e. The van der Waals surface area contributed by atoms with Crippen molar-refractivity contribution in [3.05, 3.63) is 22.7 Å². The zero-order chi connectivity index (χ0) is 10.8. The highest BCUT2D eigenvalue weighted by atomic mass is 35.5. The Balaban J connectivity index is 2.44. The highest BCUT2D eigenvalue weighted by molar-refractivity contribution is 6.31. The molecule has 0 radical (unpaired) electrons. The fourth-order valence-corrected chi connectivity index (χ4v) is 1.82. The predicted molar refractivity (Wildman–Crippen MR) is 58.3 cm³/mol. The smallest absolute Gasteiger partial charge is 0.262 e. The molecule has 0 unspecified atom stereocenters. The molecule has 0 aliphatic carbocycles. The van der Waals surface area contributed by atoms with Crippen molar-refractivity contribution in [1.29, 1.82) is 0 Å². The van der Waals surface area contributed by atoms with E-state index < -0.39 is 0 Å². The molecular weight excluding hydrogens is 216 g/mol. The Morgan fingerprint density at radius 1 is 1.53 bits per heavy atom. The lowest BCUT2D eigenvalue weighted by Gasteiger charge is -2.21. The van der Waals surface area contributed by atoms with Gasteiger partial charge in [-0.2, -0.15) is 0 Å². The monoisotopic (exact) mass is 226 g/mol. The average Bonchev–Trinajstić information content (AvgIpc) is 2.17. The summed E-state index contributed by atoms with van der Waals surface area (Å²) in [7, 11) is 0. The highest BCUT2D eigenvalue weighted by Gasteiger charge is 2.19. The first-order valence-corrected chi connectivity index (χ1v) is 5.03. The Morgan fingerprint density at radius 2 is 2.33 bits per heavy atom. The van der Waals surface area contributed by atoms with Gasteiger partial charge in [-0.15, -0.1) is 0 Å². The van der Waals surface area contributed by atoms with Crippen LogP contribution in [-0.2, 0) is 11.2 Å². The standard InChI is InChI=1S/C10H11ClN2O2/c11-7-3-6(1-2-12)10-8(4-7)13-9(14)5-15-10/h3-4H,1-2,5,12H2,(H,13,14). The Hall–Kier alpha value is -1.26. The van der Waals surface area contributed by atoms with Gasteiger partial charge in [-0.3, -0.25) is 4.79 Å². The number of anilines is 1. The molecule has 0 saturated carbocycles. The maximum absolute atomic E-state index is 11.1. The predicted octanol–water partition coefficient (Wildman–Crippen LogP) is 1.17. The molecule has 1 aliphatic rings. The van der Waals surface area contributed by atoms with E-state index in [2.05, 4.69) is 5.32 Å². The van der Waals surface area contributed by atoms with Crippen molar-refractivity contribution >= 4 is 23.2 Å². The number of amides is 1. The largest absolute Gasteiger partial charge is 0.481 e. The molecule has 0 saturated heterocycles. The molecule has 1 aliphatic heterocycles. The molecule has 4 nitrogen and oxygen atoms in total. The average molecular weight is 227 g/mol. The first-order chi connectivity index (χ1) is 7.20. The van der Waals surface area contributed by atoms with Crippen LogP contribution in [0.1, 0.15) is 5.56 Å². The maximum Gasteiger partial charge on any atom is 0.262 e. The summed E-state index contributed by atoms with van der Waals surface area (Å²) in [6.07, 6.45) is 0.679. The number of nitrogens with one attached hydrogen (secondary N) is 1. The van der Waals surface area contributed by atoms with Gasteiger partial charge >= 0.3 is 0 Å². The molecule has 0 atom stereocenters. The Bertz CT molecular complexity index is 407. The zero-order valence-electron chi connectivity index (χ0n) is 8.05. The zero-order valence-corrected chi connectivity index (χ0v) is 8.80. The highest BCUT2D eigenvalue weighted by Crippen LogP contribution is 2.34. The number of hydrogen-bond acceptors (Lipinski definition) is 3. The van der Waals surface area contributed by atoms with E-state index in [0.717, 1.165) is 5.56 Å². The van der Waals surface area contributed by atoms with Crippen molar-refractivity contribution in [2.75, 3.05) is 18.5 Å². The molecule has 1 aromatic carbocycles. The first kappa shape index (κ1) is 10.3. The van der Waals surface area contributed by atoms with Crippen molar-refractivity contribution in [2.24, 2.45) is 5.73 Å². The molecule has 1 heterocycles. The van der Waals surface area contributed by atoms with Gasteiger partial charge in [0.2, 0.25) is 0 Å². The molecule has 0 spiro atoms. The second kappa shape index (κ2) is 4.08. The van der Waals surface area contributed by atoms with E-state index in [1.807, 2.05) is 6.07 Å². The molecule has 1 amide bonds. The summed E-state index contributed by atoms with van der Waals surface area (Å²) >= 11 is 5.92. The molecule has 1 aromatic rings. The van der Waals surface area contributed by atoms with Crippen LogP contribution in [0.5, 0.6) is 5.75 Å². The molecule has 80 valence electrons. The third kappa shape index (κ3) is 2.06. The lowest BCUT2D eigenvalue weighted by molar-refractivity contribution is -0.118. The molecule has 0 aromatic heterocycles. The van der Waals surface area contributed by atoms with Crippen LogP contribution < -0.4 is 15.8 Å². The van der Waals surface area contributed by atoms with Gasteiger partial charge in [0.1, 0.15) is 5.75 Å². The van der Waals surface area contributed by atoms with E-state index in [1.54, 1.807) is 6.07 Å². The molecule has 0 fully saturated rings. The number of carbonyl (C=O) groups excluding carboxylic acids is 1. The van der Waals surface area contributed by atoms with E-state index in [0.29, 0.717) is 29.4 Å². The summed E-state index contributed by atoms with van der Waals surface area (Å²) in [5.41, 5.74) is 7.04. The summed E-state index contributed by atoms with van der Waals surface area (Å²) in [4.78, 5) is 11.1. The number of rotatable bonds is 2. The van der Waals surface area contributed by atoms with Gasteiger partial charge in [0.05, 0.1) is 5.69 Å². The third-order valence-corrected chi connectivity index (χ3v) is 2.38. The number of hydrogen-bond donors (Lipinski definition) is 2. The van der Waals surface area contributed by atoms with Gasteiger partial charge < -0.3 is 15.8 Å². The summed E-state index contributed by atoms with van der Waals surface area (Å²) in [5, 5.41) is 3.28. The second-order valence-corrected chi connectivity index (χ2v) is 3.75. The van der Waals surface area contributed by atoms with Crippen LogP contribution in [0.25, 0.3) is 0 Å². The lowest BCUT2D eigenvalue weighted by Crippen LogP contribution is -2.26. The lowest BCUT2D eigenvalue weighted by atomic mass is 10.1. The number of benzene rings is 1. The van der Waals surface area contributed by atoms with Crippen LogP contribution in [-0.4, -0.2) is 19.1 Å². The minimum absolute atomic E-state index is 0.0478. The third-order valence-electron chi connectivity index (χ3n) is 2.17. The van der Waals surface area contributed by atoms with Gasteiger partial charge in [0.15, 0.2) is 6.61 Å². The molecular formula is C10H11ClN2O2. The Labute approximate surface area is 92.4 Å². The van der Waals surface area contributed by atoms with Crippen molar-refractivity contribution < 1.29 is 9.53 Å². The van der Waals surface area contributed by atoms with Crippen molar-refractivity contribution in [3.63, 3.8) is 0 Å². The van der Waals surface area contributed by atoms with E-state index in [4.69, 9.17) is 22.1 Å². The van der Waals surface area contributed by atoms with Crippen LogP contribution in [0.4, 0.5) is 5.69 Å². The minimum atomic E-state index is -0.163. The molecule has 2 rings (SSSR count). The quantitative estimate of drug-likeness (QED) is 0.796. The van der Waals surface area contributed by atoms with E-state index >= 15 is 0 Å². The van der Waals surface area contributed by atoms with Gasteiger partial charge in [0.25, 0.3) is 5.91 Å². The summed E-state index contributed by atoms with van der Waals surface area (Å²) in [6, 6.07) is 3.48. The maximum atomic E-state index is 11.1. The van der Waals surface area contributed by atoms with E-state index in [-0.39, 0.29) is 12.5 Å². The number of fused-ring (bicyclic) bond motifs is 1. The van der Waals surface area contributed by atoms with Crippen LogP contribution in [0, 0.1) is 0 Å². The second-order valence-electron chi connectivity index (χ2n) is 3.32. The summed E-state index contributed by atoms with van der Waals surface area (Å²) in [6.45, 7) is 0.566. The Morgan fingerprint density at radius 3 is 3.07 bits per heavy atom. The van der Waals surface area contributed by atoms with Gasteiger partial charge in [-0.05, 0) is 30.7 Å². The molecule has 3 N–H and O–H groups in total. The molecule has 15 heavy (non-hydrogen) atoms. The van der Waals surface area contributed by atoms with Crippen LogP contribution >= 0.6 is 11.6 Å². The van der Waals surface area contributed by atoms with Crippen molar-refractivity contribution in [3.8, 4) is 5.75 Å². The number of halogens is 1. The number of ether oxygens (including phenoxy) is 1. The Kier molecular flexibility index (Phi) is 2.79. The van der Waals surface area contributed by atoms with E-state index in [9.17, 15) is 4.79 Å². The fourth-order valence-electron chi connectivity index (χ4n) is 1.58. The van der Waals surface area contributed by atoms with Gasteiger partial charge in [-0.1, -0.05) is 11.6 Å². The molecule has 0 bridgehead atoms. The number of nitrogens with two attached hydrogens (primary N) is 1. The van der Waals surface area contributed by atoms with Gasteiger partial charge in [0, 0.05) is 5.02 Å². The van der Waals surface area contributed by atoms with Crippen LogP contribution in [0.15, 0.2) is 12.1 Å². The van der Waals surface area contributed by atoms with E-state index in [1.165, 1.54) is 0 Å². The van der Waals surface area contributed by atoms with Crippen LogP contribution in [0.3, 0.4) is 0 Å². The fraction of sp³-hybridized carbons (Fsp3) is 0.300. The number of carbonyl (C=O) groups is 1. The summed E-state index contributed by atoms with van der Waals surface area (Å²) < 4.78 is 5.35. The van der Waals surface area contributed by atoms with Gasteiger partial charge in [-0.25, -0.2) is 0 Å². The SMILES string of the molecule is NCCc1cc(Cl)cc2c1OCC(=O)N2. The first-order valence-electron chi connectivity index (χ1n) is 4.66. The summed E-state index contributed by atoms with van der Waals surface area (Å²) in [5.74, 6) is 0.521. The normalized spacial score (nSPS) is 14.1. The molecule has 5 heteroatoms. The van der Waals surface area contributed by atoms with Crippen molar-refractivity contribution in [1.82, 2.24) is 0 Å².